The molecule has 0 aromatic rings. The minimum Gasteiger partial charge on any atom is -0.304 e. The molecule has 28 heavy (non-hydrogen) atoms. The molecule has 0 aliphatic rings. The van der Waals surface area contributed by atoms with Crippen molar-refractivity contribution >= 4 is 18.3 Å². The van der Waals surface area contributed by atoms with Crippen molar-refractivity contribution in [2.45, 2.75) is 68.2 Å². The fourth-order valence-electron chi connectivity index (χ4n) is 3.16. The van der Waals surface area contributed by atoms with Gasteiger partial charge in [0.2, 0.25) is 0 Å². The van der Waals surface area contributed by atoms with Crippen molar-refractivity contribution in [1.82, 2.24) is 0 Å². The van der Waals surface area contributed by atoms with E-state index in [0.29, 0.717) is 17.5 Å². The summed E-state index contributed by atoms with van der Waals surface area (Å²) < 4.78 is 12.4. The van der Waals surface area contributed by atoms with Gasteiger partial charge in [-0.1, -0.05) is 62.1 Å². The lowest BCUT2D eigenvalue weighted by molar-refractivity contribution is 0.560. The molecule has 1 atom stereocenters. The summed E-state index contributed by atoms with van der Waals surface area (Å²) in [7, 11) is 0. The molecule has 0 saturated carbocycles. The van der Waals surface area contributed by atoms with Gasteiger partial charge in [-0.3, -0.25) is 0 Å². The van der Waals surface area contributed by atoms with E-state index in [9.17, 15) is 4.39 Å². The molecule has 0 heterocycles. The first kappa shape index (κ1) is 25.9. The van der Waals surface area contributed by atoms with Crippen LogP contribution in [0.4, 0.5) is 4.39 Å². The van der Waals surface area contributed by atoms with Crippen molar-refractivity contribution in [2.24, 2.45) is 21.3 Å². The number of rotatable bonds is 10. The smallest absolute Gasteiger partial charge is 0.124 e. The van der Waals surface area contributed by atoms with Crippen LogP contribution in [-0.4, -0.2) is 24.9 Å². The Labute approximate surface area is 171 Å². The Kier molecular flexibility index (Phi) is 11.4. The lowest BCUT2D eigenvalue weighted by Crippen LogP contribution is -2.25. The maximum Gasteiger partial charge on any atom is 0.124 e. The molecule has 0 aromatic heterocycles. The van der Waals surface area contributed by atoms with Crippen molar-refractivity contribution in [3.8, 4) is 0 Å². The Morgan fingerprint density at radius 2 is 1.79 bits per heavy atom. The molecule has 0 aliphatic heterocycles. The highest BCUT2D eigenvalue weighted by atomic mass is 19.1. The first-order valence-corrected chi connectivity index (χ1v) is 9.87. The predicted molar refractivity (Wildman–Crippen MR) is 124 cm³/mol. The minimum atomic E-state index is -0.483. The van der Waals surface area contributed by atoms with Gasteiger partial charge in [0.1, 0.15) is 12.5 Å². The summed E-state index contributed by atoms with van der Waals surface area (Å²) in [4.78, 5) is 8.11. The molecule has 1 unspecified atom stereocenters. The van der Waals surface area contributed by atoms with Gasteiger partial charge in [0, 0.05) is 17.3 Å². The molecule has 0 fully saturated rings. The second-order valence-electron chi connectivity index (χ2n) is 7.90. The molecule has 0 radical (unpaired) electrons. The van der Waals surface area contributed by atoms with Crippen LogP contribution in [0.2, 0.25) is 0 Å². The molecule has 156 valence electrons. The molecule has 3 nitrogen and oxygen atoms in total. The zero-order chi connectivity index (χ0) is 21.9. The number of halogens is 1. The zero-order valence-electron chi connectivity index (χ0n) is 19.0. The topological polar surface area (TPSA) is 48.6 Å². The van der Waals surface area contributed by atoms with E-state index in [0.717, 1.165) is 18.4 Å². The van der Waals surface area contributed by atoms with E-state index in [-0.39, 0.29) is 5.41 Å². The van der Waals surface area contributed by atoms with Gasteiger partial charge in [-0.2, -0.15) is 0 Å². The Morgan fingerprint density at radius 1 is 1.18 bits per heavy atom. The molecule has 0 bridgehead atoms. The maximum absolute atomic E-state index is 12.4. The Morgan fingerprint density at radius 3 is 2.29 bits per heavy atom. The van der Waals surface area contributed by atoms with E-state index in [1.54, 1.807) is 6.08 Å². The van der Waals surface area contributed by atoms with Crippen LogP contribution in [0.15, 0.2) is 56.7 Å². The monoisotopic (exact) mass is 387 g/mol. The molecule has 0 amide bonds. The molecule has 4 heteroatoms. The Bertz CT molecular complexity index is 703. The largest absolute Gasteiger partial charge is 0.304 e. The SMILES string of the molecule is C=NC(C)=N/C=C(\C)C(C)C/C(C)=C(\CC)C(C)(C)C(=N)/C=C\C(C)=C\CF. The molecular weight excluding hydrogens is 349 g/mol. The van der Waals surface area contributed by atoms with Crippen LogP contribution in [0.25, 0.3) is 0 Å². The number of alkyl halides is 1. The van der Waals surface area contributed by atoms with E-state index >= 15 is 0 Å². The first-order valence-electron chi connectivity index (χ1n) is 9.87. The summed E-state index contributed by atoms with van der Waals surface area (Å²) in [6, 6.07) is 0. The van der Waals surface area contributed by atoms with Crippen LogP contribution in [0.3, 0.4) is 0 Å². The summed E-state index contributed by atoms with van der Waals surface area (Å²) in [6.07, 6.45) is 8.80. The maximum atomic E-state index is 12.4. The number of amidine groups is 1. The van der Waals surface area contributed by atoms with Crippen LogP contribution in [0.1, 0.15) is 68.2 Å². The van der Waals surface area contributed by atoms with Crippen LogP contribution in [-0.2, 0) is 0 Å². The molecule has 1 N–H and O–H groups in total. The highest BCUT2D eigenvalue weighted by Gasteiger charge is 2.28. The second-order valence-corrected chi connectivity index (χ2v) is 7.90. The molecule has 0 aromatic carbocycles. The van der Waals surface area contributed by atoms with Crippen molar-refractivity contribution in [3.63, 3.8) is 0 Å². The summed E-state index contributed by atoms with van der Waals surface area (Å²) in [5.41, 5.74) is 4.78. The van der Waals surface area contributed by atoms with Gasteiger partial charge >= 0.3 is 0 Å². The van der Waals surface area contributed by atoms with Crippen molar-refractivity contribution in [3.05, 3.63) is 46.7 Å². The number of hydrogen-bond donors (Lipinski definition) is 1. The third-order valence-corrected chi connectivity index (χ3v) is 5.28. The van der Waals surface area contributed by atoms with Gasteiger partial charge in [0.15, 0.2) is 0 Å². The average Bonchev–Trinajstić information content (AvgIpc) is 2.63. The van der Waals surface area contributed by atoms with Gasteiger partial charge in [-0.05, 0) is 59.2 Å². The normalized spacial score (nSPS) is 16.2. The molecule has 0 saturated heterocycles. The van der Waals surface area contributed by atoms with Gasteiger partial charge in [0.05, 0.1) is 0 Å². The van der Waals surface area contributed by atoms with Crippen LogP contribution >= 0.6 is 0 Å². The highest BCUT2D eigenvalue weighted by Crippen LogP contribution is 2.35. The van der Waals surface area contributed by atoms with E-state index in [1.165, 1.54) is 22.8 Å². The van der Waals surface area contributed by atoms with Crippen LogP contribution in [0, 0.1) is 16.7 Å². The zero-order valence-corrected chi connectivity index (χ0v) is 19.0. The van der Waals surface area contributed by atoms with E-state index < -0.39 is 6.67 Å². The van der Waals surface area contributed by atoms with Crippen LogP contribution < -0.4 is 0 Å². The van der Waals surface area contributed by atoms with Crippen LogP contribution in [0.5, 0.6) is 0 Å². The summed E-state index contributed by atoms with van der Waals surface area (Å²) in [5, 5.41) is 8.56. The second kappa shape index (κ2) is 12.4. The number of allylic oxidation sites excluding steroid dienone is 7. The van der Waals surface area contributed by atoms with E-state index in [2.05, 4.69) is 58.2 Å². The van der Waals surface area contributed by atoms with E-state index in [4.69, 9.17) is 5.41 Å². The Hall–Kier alpha value is -2.10. The van der Waals surface area contributed by atoms with Gasteiger partial charge in [-0.15, -0.1) is 0 Å². The first-order chi connectivity index (χ1) is 13.0. The number of nitrogens with zero attached hydrogens (tertiary/aromatic N) is 2. The number of nitrogens with one attached hydrogen (secondary N) is 1. The molecular formula is C24H38FN3. The summed E-state index contributed by atoms with van der Waals surface area (Å²) in [5.74, 6) is 1.00. The van der Waals surface area contributed by atoms with Crippen molar-refractivity contribution in [1.29, 1.82) is 5.41 Å². The average molecular weight is 388 g/mol. The highest BCUT2D eigenvalue weighted by molar-refractivity contribution is 5.99. The summed E-state index contributed by atoms with van der Waals surface area (Å²) in [6.45, 7) is 19.4. The Balaban J connectivity index is 5.57. The third-order valence-electron chi connectivity index (χ3n) is 5.28. The summed E-state index contributed by atoms with van der Waals surface area (Å²) >= 11 is 0. The lowest BCUT2D eigenvalue weighted by Gasteiger charge is -2.30. The van der Waals surface area contributed by atoms with Crippen molar-refractivity contribution < 1.29 is 4.39 Å². The fourth-order valence-corrected chi connectivity index (χ4v) is 3.16. The molecule has 0 aliphatic carbocycles. The quantitative estimate of drug-likeness (QED) is 0.177. The predicted octanol–water partition coefficient (Wildman–Crippen LogP) is 7.28. The molecule has 0 spiro atoms. The lowest BCUT2D eigenvalue weighted by atomic mass is 9.74. The van der Waals surface area contributed by atoms with Gasteiger partial charge < -0.3 is 5.41 Å². The fraction of sp³-hybridized carbons (Fsp3) is 0.542. The standard InChI is InChI=1S/C24H38FN3/c1-10-22(24(7,8)23(26)12-11-17(2)13-14-25)19(4)15-18(3)20(5)16-28-21(6)27-9/h11-13,16,18,26H,9-10,14-15H2,1-8H3/b12-11-,17-13+,20-16+,22-19+,26-23?,28-21?. The third kappa shape index (κ3) is 8.28. The minimum absolute atomic E-state index is 0.346. The van der Waals surface area contributed by atoms with Gasteiger partial charge in [0.25, 0.3) is 0 Å². The molecule has 0 rings (SSSR count). The number of aliphatic imine (C=N–C) groups is 2. The van der Waals surface area contributed by atoms with Gasteiger partial charge in [-0.25, -0.2) is 14.4 Å². The van der Waals surface area contributed by atoms with Crippen molar-refractivity contribution in [2.75, 3.05) is 6.67 Å². The van der Waals surface area contributed by atoms with E-state index in [1.807, 2.05) is 26.1 Å². The number of hydrogen-bond acceptors (Lipinski definition) is 2.